The van der Waals surface area contributed by atoms with Gasteiger partial charge in [0.2, 0.25) is 11.8 Å². The van der Waals surface area contributed by atoms with Crippen LogP contribution in [-0.2, 0) is 23.1 Å². The van der Waals surface area contributed by atoms with Crippen LogP contribution in [0.5, 0.6) is 0 Å². The third-order valence-electron chi connectivity index (χ3n) is 5.80. The zero-order chi connectivity index (χ0) is 19.3. The molecule has 0 saturated heterocycles. The highest BCUT2D eigenvalue weighted by Crippen LogP contribution is 2.46. The second-order valence-corrected chi connectivity index (χ2v) is 7.65. The average molecular weight is 391 g/mol. The molecule has 1 saturated carbocycles. The van der Waals surface area contributed by atoms with E-state index in [2.05, 4.69) is 5.10 Å². The van der Waals surface area contributed by atoms with Gasteiger partial charge in [0.15, 0.2) is 0 Å². The molecule has 3 atom stereocenters. The first-order valence-corrected chi connectivity index (χ1v) is 9.31. The molecule has 1 aliphatic carbocycles. The zero-order valence-corrected chi connectivity index (χ0v) is 15.6. The van der Waals surface area contributed by atoms with E-state index in [1.165, 1.54) is 11.0 Å². The third-order valence-corrected chi connectivity index (χ3v) is 6.03. The van der Waals surface area contributed by atoms with Gasteiger partial charge in [0.1, 0.15) is 11.9 Å². The molecule has 3 unspecified atom stereocenters. The van der Waals surface area contributed by atoms with E-state index in [9.17, 15) is 14.0 Å². The van der Waals surface area contributed by atoms with E-state index in [-0.39, 0.29) is 17.7 Å². The van der Waals surface area contributed by atoms with Crippen LogP contribution in [0.3, 0.4) is 0 Å². The Morgan fingerprint density at radius 3 is 2.70 bits per heavy atom. The Labute approximate surface area is 161 Å². The number of hydrogen-bond acceptors (Lipinski definition) is 3. The number of halogens is 2. The van der Waals surface area contributed by atoms with Gasteiger partial charge in [0.05, 0.1) is 6.20 Å². The highest BCUT2D eigenvalue weighted by molar-refractivity contribution is 6.30. The van der Waals surface area contributed by atoms with Gasteiger partial charge in [-0.1, -0.05) is 17.7 Å². The van der Waals surface area contributed by atoms with Crippen molar-refractivity contribution in [2.75, 3.05) is 6.54 Å². The maximum Gasteiger partial charge on any atom is 0.245 e. The Bertz CT molecular complexity index is 928. The molecule has 27 heavy (non-hydrogen) atoms. The number of carbonyl (C=O) groups is 2. The number of nitrogens with zero attached hydrogens (tertiary/aromatic N) is 3. The summed E-state index contributed by atoms with van der Waals surface area (Å²) in [6.45, 7) is 0.394. The van der Waals surface area contributed by atoms with Crippen molar-refractivity contribution in [1.29, 1.82) is 0 Å². The molecular weight excluding hydrogens is 371 g/mol. The van der Waals surface area contributed by atoms with Gasteiger partial charge >= 0.3 is 0 Å². The maximum absolute atomic E-state index is 14.3. The van der Waals surface area contributed by atoms with Crippen molar-refractivity contribution in [3.05, 3.63) is 52.1 Å². The van der Waals surface area contributed by atoms with Gasteiger partial charge < -0.3 is 10.6 Å². The first kappa shape index (κ1) is 18.0. The summed E-state index contributed by atoms with van der Waals surface area (Å²) >= 11 is 5.83. The second kappa shape index (κ2) is 6.64. The number of aromatic nitrogens is 2. The van der Waals surface area contributed by atoms with Crippen molar-refractivity contribution < 1.29 is 14.0 Å². The van der Waals surface area contributed by atoms with E-state index in [0.717, 1.165) is 12.1 Å². The lowest BCUT2D eigenvalue weighted by molar-refractivity contribution is -0.146. The quantitative estimate of drug-likeness (QED) is 0.873. The maximum atomic E-state index is 14.3. The first-order valence-electron chi connectivity index (χ1n) is 8.94. The molecule has 2 aromatic rings. The van der Waals surface area contributed by atoms with Crippen LogP contribution in [0.2, 0.25) is 5.02 Å². The van der Waals surface area contributed by atoms with Crippen molar-refractivity contribution in [2.45, 2.75) is 31.2 Å². The van der Waals surface area contributed by atoms with Crippen LogP contribution in [-0.4, -0.2) is 33.0 Å². The molecule has 6 nitrogen and oxygen atoms in total. The summed E-state index contributed by atoms with van der Waals surface area (Å²) < 4.78 is 16.0. The predicted molar refractivity (Wildman–Crippen MR) is 97.4 cm³/mol. The predicted octanol–water partition coefficient (Wildman–Crippen LogP) is 2.32. The largest absolute Gasteiger partial charge is 0.368 e. The molecule has 2 aliphatic rings. The van der Waals surface area contributed by atoms with E-state index in [1.54, 1.807) is 30.1 Å². The normalized spacial score (nSPS) is 24.3. The molecule has 2 N–H and O–H groups in total. The van der Waals surface area contributed by atoms with Gasteiger partial charge in [-0.15, -0.1) is 0 Å². The Kier molecular flexibility index (Phi) is 4.42. The molecule has 1 fully saturated rings. The minimum Gasteiger partial charge on any atom is -0.368 e. The minimum atomic E-state index is -0.828. The van der Waals surface area contributed by atoms with E-state index in [0.29, 0.717) is 35.5 Å². The highest BCUT2D eigenvalue weighted by atomic mass is 35.5. The van der Waals surface area contributed by atoms with Crippen LogP contribution in [0.4, 0.5) is 4.39 Å². The molecule has 1 aliphatic heterocycles. The van der Waals surface area contributed by atoms with Gasteiger partial charge in [-0.3, -0.25) is 14.3 Å². The summed E-state index contributed by atoms with van der Waals surface area (Å²) in [6, 6.07) is 3.72. The Morgan fingerprint density at radius 2 is 2.07 bits per heavy atom. The molecule has 142 valence electrons. The summed E-state index contributed by atoms with van der Waals surface area (Å²) in [4.78, 5) is 26.9. The highest BCUT2D eigenvalue weighted by Gasteiger charge is 2.45. The number of primary amides is 1. The Hall–Kier alpha value is -2.41. The fraction of sp³-hybridized carbons (Fsp3) is 0.421. The SMILES string of the molecule is Cn1ncc2c1CCN(C(=O)C1CCC1c1ccc(Cl)cc1F)C2C(N)=O. The number of nitrogens with two attached hydrogens (primary N) is 1. The van der Waals surface area contributed by atoms with Crippen LogP contribution in [0.1, 0.15) is 41.6 Å². The van der Waals surface area contributed by atoms with Crippen molar-refractivity contribution in [2.24, 2.45) is 18.7 Å². The summed E-state index contributed by atoms with van der Waals surface area (Å²) in [5.74, 6) is -1.70. The molecule has 1 aromatic carbocycles. The molecule has 8 heteroatoms. The zero-order valence-electron chi connectivity index (χ0n) is 14.9. The molecule has 4 rings (SSSR count). The molecule has 2 amide bonds. The van der Waals surface area contributed by atoms with E-state index in [4.69, 9.17) is 17.3 Å². The molecule has 1 aromatic heterocycles. The van der Waals surface area contributed by atoms with Gasteiger partial charge in [0, 0.05) is 42.2 Å². The standard InChI is InChI=1S/C19H20ClFN4O2/c1-24-16-6-7-25(17(18(22)26)14(16)9-23-24)19(27)13-5-4-11(13)12-3-2-10(20)8-15(12)21/h2-3,8-9,11,13,17H,4-7H2,1H3,(H2,22,26). The first-order chi connectivity index (χ1) is 12.9. The number of benzene rings is 1. The molecule has 0 radical (unpaired) electrons. The third kappa shape index (κ3) is 2.90. The van der Waals surface area contributed by atoms with Crippen molar-refractivity contribution >= 4 is 23.4 Å². The van der Waals surface area contributed by atoms with Crippen LogP contribution in [0.25, 0.3) is 0 Å². The summed E-state index contributed by atoms with van der Waals surface area (Å²) in [6.07, 6.45) is 3.59. The summed E-state index contributed by atoms with van der Waals surface area (Å²) in [5, 5.41) is 4.52. The van der Waals surface area contributed by atoms with E-state index >= 15 is 0 Å². The number of carbonyl (C=O) groups excluding carboxylic acids is 2. The topological polar surface area (TPSA) is 81.2 Å². The van der Waals surface area contributed by atoms with Crippen LogP contribution < -0.4 is 5.73 Å². The monoisotopic (exact) mass is 390 g/mol. The average Bonchev–Trinajstić information content (AvgIpc) is 2.96. The number of aryl methyl sites for hydroxylation is 1. The number of rotatable bonds is 3. The molecule has 0 bridgehead atoms. The van der Waals surface area contributed by atoms with Gasteiger partial charge in [-0.25, -0.2) is 4.39 Å². The molecule has 2 heterocycles. The van der Waals surface area contributed by atoms with Crippen molar-refractivity contribution in [3.63, 3.8) is 0 Å². The fourth-order valence-corrected chi connectivity index (χ4v) is 4.42. The number of hydrogen-bond donors (Lipinski definition) is 1. The summed E-state index contributed by atoms with van der Waals surface area (Å²) in [5.41, 5.74) is 7.71. The Morgan fingerprint density at radius 1 is 1.30 bits per heavy atom. The summed E-state index contributed by atoms with van der Waals surface area (Å²) in [7, 11) is 1.81. The Balaban J connectivity index is 1.61. The van der Waals surface area contributed by atoms with Gasteiger partial charge in [-0.2, -0.15) is 5.10 Å². The minimum absolute atomic E-state index is 0.154. The fourth-order valence-electron chi connectivity index (χ4n) is 4.27. The van der Waals surface area contributed by atoms with Crippen molar-refractivity contribution in [1.82, 2.24) is 14.7 Å². The van der Waals surface area contributed by atoms with E-state index < -0.39 is 17.8 Å². The van der Waals surface area contributed by atoms with Crippen LogP contribution in [0.15, 0.2) is 24.4 Å². The lowest BCUT2D eigenvalue weighted by atomic mass is 9.69. The lowest BCUT2D eigenvalue weighted by Gasteiger charge is -2.42. The molecular formula is C19H20ClFN4O2. The van der Waals surface area contributed by atoms with Gasteiger partial charge in [-0.05, 0) is 36.5 Å². The lowest BCUT2D eigenvalue weighted by Crippen LogP contribution is -2.50. The second-order valence-electron chi connectivity index (χ2n) is 7.21. The molecule has 0 spiro atoms. The van der Waals surface area contributed by atoms with Crippen molar-refractivity contribution in [3.8, 4) is 0 Å². The number of fused-ring (bicyclic) bond motifs is 1. The van der Waals surface area contributed by atoms with E-state index in [1.807, 2.05) is 0 Å². The number of amides is 2. The smallest absolute Gasteiger partial charge is 0.245 e. The van der Waals surface area contributed by atoms with Gasteiger partial charge in [0.25, 0.3) is 0 Å². The van der Waals surface area contributed by atoms with Crippen LogP contribution >= 0.6 is 11.6 Å². The van der Waals surface area contributed by atoms with Crippen LogP contribution in [0, 0.1) is 11.7 Å².